The Kier molecular flexibility index (Phi) is 5.16. The maximum absolute atomic E-state index is 12.5. The van der Waals surface area contributed by atoms with Crippen LogP contribution in [0.3, 0.4) is 0 Å². The summed E-state index contributed by atoms with van der Waals surface area (Å²) in [5, 5.41) is 13.6. The number of amides is 2. The van der Waals surface area contributed by atoms with Gasteiger partial charge in [0, 0.05) is 12.1 Å². The van der Waals surface area contributed by atoms with Gasteiger partial charge in [0.05, 0.1) is 43.1 Å². The Morgan fingerprint density at radius 3 is 2.62 bits per heavy atom. The Balaban J connectivity index is 1.62. The van der Waals surface area contributed by atoms with Gasteiger partial charge in [-0.25, -0.2) is 9.78 Å². The van der Waals surface area contributed by atoms with Crippen LogP contribution in [0.4, 0.5) is 22.0 Å². The molecule has 2 aromatic rings. The minimum absolute atomic E-state index is 0.0902. The standard InChI is InChI=1S/C17H19N5O4/c1-26-15-12-13(22(24)25)5-6-14(15)19-17(23)21-10-8-20(9-11-21)16-4-2-3-7-18-16/h2-7,12H,8-11H2,1H3,(H,19,23)/p+1. The molecule has 2 amide bonds. The SMILES string of the molecule is COc1cc([N+](=O)[O-])ccc1NC(=O)N1CCN(c2cccc[nH+]2)CC1. The van der Waals surface area contributed by atoms with Crippen molar-refractivity contribution < 1.29 is 19.4 Å². The van der Waals surface area contributed by atoms with Crippen LogP contribution in [-0.4, -0.2) is 49.1 Å². The van der Waals surface area contributed by atoms with Crippen molar-refractivity contribution in [3.63, 3.8) is 0 Å². The maximum atomic E-state index is 12.5. The molecule has 1 aliphatic rings. The Morgan fingerprint density at radius 2 is 2.00 bits per heavy atom. The number of rotatable bonds is 4. The summed E-state index contributed by atoms with van der Waals surface area (Å²) in [6.45, 7) is 2.57. The number of nitrogens with one attached hydrogen (secondary N) is 2. The number of anilines is 2. The summed E-state index contributed by atoms with van der Waals surface area (Å²) in [5.74, 6) is 1.27. The first-order chi connectivity index (χ1) is 12.6. The van der Waals surface area contributed by atoms with E-state index in [1.165, 1.54) is 25.3 Å². The summed E-state index contributed by atoms with van der Waals surface area (Å²) in [4.78, 5) is 29.9. The van der Waals surface area contributed by atoms with Crippen LogP contribution in [-0.2, 0) is 0 Å². The van der Waals surface area contributed by atoms with Crippen molar-refractivity contribution >= 4 is 23.2 Å². The van der Waals surface area contributed by atoms with Crippen molar-refractivity contribution in [2.24, 2.45) is 0 Å². The quantitative estimate of drug-likeness (QED) is 0.663. The van der Waals surface area contributed by atoms with E-state index in [0.717, 1.165) is 5.82 Å². The zero-order valence-electron chi connectivity index (χ0n) is 14.3. The van der Waals surface area contributed by atoms with Gasteiger partial charge in [0.15, 0.2) is 0 Å². The van der Waals surface area contributed by atoms with E-state index in [0.29, 0.717) is 31.9 Å². The van der Waals surface area contributed by atoms with Crippen molar-refractivity contribution in [3.8, 4) is 5.75 Å². The van der Waals surface area contributed by atoms with Gasteiger partial charge < -0.3 is 15.0 Å². The minimum Gasteiger partial charge on any atom is -0.494 e. The van der Waals surface area contributed by atoms with Gasteiger partial charge in [-0.3, -0.25) is 15.0 Å². The predicted molar refractivity (Wildman–Crippen MR) is 95.5 cm³/mol. The van der Waals surface area contributed by atoms with Crippen molar-refractivity contribution in [1.29, 1.82) is 0 Å². The van der Waals surface area contributed by atoms with Crippen LogP contribution in [0.2, 0.25) is 0 Å². The summed E-state index contributed by atoms with van der Waals surface area (Å²) >= 11 is 0. The smallest absolute Gasteiger partial charge is 0.322 e. The van der Waals surface area contributed by atoms with Crippen molar-refractivity contribution in [3.05, 3.63) is 52.7 Å². The number of nitro groups is 1. The zero-order valence-corrected chi connectivity index (χ0v) is 14.3. The fourth-order valence-corrected chi connectivity index (χ4v) is 2.82. The van der Waals surface area contributed by atoms with E-state index in [1.807, 2.05) is 24.4 Å². The topological polar surface area (TPSA) is 102 Å². The fourth-order valence-electron chi connectivity index (χ4n) is 2.82. The molecule has 0 saturated carbocycles. The van der Waals surface area contributed by atoms with E-state index < -0.39 is 4.92 Å². The highest BCUT2D eigenvalue weighted by atomic mass is 16.6. The molecule has 9 nitrogen and oxygen atoms in total. The molecule has 0 radical (unpaired) electrons. The fraction of sp³-hybridized carbons (Fsp3) is 0.294. The Morgan fingerprint density at radius 1 is 1.23 bits per heavy atom. The first kappa shape index (κ1) is 17.5. The molecular weight excluding hydrogens is 338 g/mol. The van der Waals surface area contributed by atoms with Crippen LogP contribution in [0.1, 0.15) is 0 Å². The van der Waals surface area contributed by atoms with Gasteiger partial charge in [-0.15, -0.1) is 0 Å². The number of aromatic amines is 1. The summed E-state index contributed by atoms with van der Waals surface area (Å²) in [6.07, 6.45) is 1.87. The van der Waals surface area contributed by atoms with Gasteiger partial charge in [0.1, 0.15) is 18.8 Å². The molecule has 136 valence electrons. The molecule has 1 aromatic carbocycles. The molecule has 3 rings (SSSR count). The van der Waals surface area contributed by atoms with Gasteiger partial charge in [0.25, 0.3) is 11.5 Å². The lowest BCUT2D eigenvalue weighted by Gasteiger charge is -2.31. The van der Waals surface area contributed by atoms with Gasteiger partial charge in [-0.05, 0) is 12.1 Å². The van der Waals surface area contributed by atoms with Crippen LogP contribution in [0, 0.1) is 10.1 Å². The number of ether oxygens (including phenoxy) is 1. The first-order valence-corrected chi connectivity index (χ1v) is 8.18. The molecule has 0 bridgehead atoms. The molecule has 26 heavy (non-hydrogen) atoms. The molecule has 2 heterocycles. The van der Waals surface area contributed by atoms with Crippen LogP contribution < -0.4 is 19.9 Å². The number of non-ortho nitro benzene ring substituents is 1. The number of nitrogens with zero attached hydrogens (tertiary/aromatic N) is 3. The third-order valence-corrected chi connectivity index (χ3v) is 4.24. The monoisotopic (exact) mass is 358 g/mol. The number of H-pyrrole nitrogens is 1. The number of piperazine rings is 1. The molecule has 9 heteroatoms. The second-order valence-corrected chi connectivity index (χ2v) is 5.79. The van der Waals surface area contributed by atoms with E-state index in [4.69, 9.17) is 4.74 Å². The molecule has 1 fully saturated rings. The summed E-state index contributed by atoms with van der Waals surface area (Å²) in [7, 11) is 1.41. The summed E-state index contributed by atoms with van der Waals surface area (Å²) in [5.41, 5.74) is 0.314. The highest BCUT2D eigenvalue weighted by Crippen LogP contribution is 2.29. The number of nitro benzene ring substituents is 1. The molecule has 2 N–H and O–H groups in total. The molecule has 0 spiro atoms. The number of hydrogen-bond acceptors (Lipinski definition) is 5. The van der Waals surface area contributed by atoms with E-state index in [2.05, 4.69) is 15.2 Å². The number of aromatic nitrogens is 1. The number of methoxy groups -OCH3 is 1. The lowest BCUT2D eigenvalue weighted by molar-refractivity contribution is -0.384. The first-order valence-electron chi connectivity index (χ1n) is 8.18. The summed E-state index contributed by atoms with van der Waals surface area (Å²) < 4.78 is 5.15. The van der Waals surface area contributed by atoms with Crippen molar-refractivity contribution in [2.45, 2.75) is 0 Å². The van der Waals surface area contributed by atoms with Crippen LogP contribution in [0.25, 0.3) is 0 Å². The summed E-state index contributed by atoms with van der Waals surface area (Å²) in [6, 6.07) is 9.73. The van der Waals surface area contributed by atoms with Crippen LogP contribution >= 0.6 is 0 Å². The lowest BCUT2D eigenvalue weighted by atomic mass is 10.2. The Labute approximate surface area is 150 Å². The Bertz CT molecular complexity index is 791. The highest BCUT2D eigenvalue weighted by Gasteiger charge is 2.26. The lowest BCUT2D eigenvalue weighted by Crippen LogP contribution is -2.51. The molecule has 0 unspecified atom stereocenters. The van der Waals surface area contributed by atoms with Gasteiger partial charge in [0.2, 0.25) is 0 Å². The van der Waals surface area contributed by atoms with E-state index in [9.17, 15) is 14.9 Å². The van der Waals surface area contributed by atoms with Gasteiger partial charge >= 0.3 is 6.03 Å². The largest absolute Gasteiger partial charge is 0.494 e. The van der Waals surface area contributed by atoms with E-state index in [-0.39, 0.29) is 17.5 Å². The van der Waals surface area contributed by atoms with Crippen molar-refractivity contribution in [2.75, 3.05) is 43.5 Å². The molecule has 0 aliphatic carbocycles. The second-order valence-electron chi connectivity index (χ2n) is 5.79. The maximum Gasteiger partial charge on any atom is 0.322 e. The van der Waals surface area contributed by atoms with Crippen LogP contribution in [0.5, 0.6) is 5.75 Å². The van der Waals surface area contributed by atoms with Gasteiger partial charge in [-0.2, -0.15) is 0 Å². The number of hydrogen-bond donors (Lipinski definition) is 1. The molecule has 1 aliphatic heterocycles. The third kappa shape index (κ3) is 3.82. The molecular formula is C17H20N5O4+. The minimum atomic E-state index is -0.506. The second kappa shape index (κ2) is 7.68. The number of urea groups is 1. The number of carbonyl (C=O) groups is 1. The average molecular weight is 358 g/mol. The van der Waals surface area contributed by atoms with E-state index >= 15 is 0 Å². The number of benzene rings is 1. The number of pyridine rings is 1. The predicted octanol–water partition coefficient (Wildman–Crippen LogP) is 1.77. The van der Waals surface area contributed by atoms with Gasteiger partial charge in [-0.1, -0.05) is 6.07 Å². The normalized spacial score (nSPS) is 14.0. The van der Waals surface area contributed by atoms with Crippen molar-refractivity contribution in [1.82, 2.24) is 4.90 Å². The highest BCUT2D eigenvalue weighted by molar-refractivity contribution is 5.91. The number of carbonyl (C=O) groups excluding carboxylic acids is 1. The van der Waals surface area contributed by atoms with E-state index in [1.54, 1.807) is 4.90 Å². The molecule has 0 atom stereocenters. The molecule has 1 saturated heterocycles. The third-order valence-electron chi connectivity index (χ3n) is 4.24. The Hall–Kier alpha value is -3.36. The zero-order chi connectivity index (χ0) is 18.5. The van der Waals surface area contributed by atoms with Crippen LogP contribution in [0.15, 0.2) is 42.6 Å². The average Bonchev–Trinajstić information content (AvgIpc) is 2.69. The molecule has 1 aromatic heterocycles.